The van der Waals surface area contributed by atoms with Crippen LogP contribution < -0.4 is 5.43 Å². The lowest BCUT2D eigenvalue weighted by molar-refractivity contribution is -0.384. The number of benzene rings is 2. The summed E-state index contributed by atoms with van der Waals surface area (Å²) in [4.78, 5) is 21.8. The zero-order valence-corrected chi connectivity index (χ0v) is 13.2. The van der Waals surface area contributed by atoms with Gasteiger partial charge in [0.2, 0.25) is 0 Å². The second-order valence-electron chi connectivity index (χ2n) is 4.21. The average Bonchev–Trinajstić information content (AvgIpc) is 2.51. The fourth-order valence-corrected chi connectivity index (χ4v) is 2.11. The lowest BCUT2D eigenvalue weighted by Crippen LogP contribution is -2.17. The Hall–Kier alpha value is -2.49. The van der Waals surface area contributed by atoms with Gasteiger partial charge in [0.1, 0.15) is 5.75 Å². The molecule has 0 aliphatic heterocycles. The van der Waals surface area contributed by atoms with Crippen molar-refractivity contribution in [2.45, 2.75) is 0 Å². The minimum Gasteiger partial charge on any atom is -0.507 e. The van der Waals surface area contributed by atoms with Crippen LogP contribution >= 0.6 is 22.6 Å². The highest BCUT2D eigenvalue weighted by molar-refractivity contribution is 14.1. The van der Waals surface area contributed by atoms with Crippen molar-refractivity contribution in [3.63, 3.8) is 0 Å². The molecule has 0 bridgehead atoms. The quantitative estimate of drug-likeness (QED) is 0.349. The van der Waals surface area contributed by atoms with E-state index in [9.17, 15) is 20.0 Å². The summed E-state index contributed by atoms with van der Waals surface area (Å²) in [5.74, 6) is -0.299. The van der Waals surface area contributed by atoms with Crippen LogP contribution in [0.5, 0.6) is 5.75 Å². The number of hydrogen-bond acceptors (Lipinski definition) is 5. The van der Waals surface area contributed by atoms with Crippen molar-refractivity contribution >= 4 is 40.4 Å². The van der Waals surface area contributed by atoms with E-state index in [0.717, 1.165) is 0 Å². The molecule has 0 unspecified atom stereocenters. The first kappa shape index (κ1) is 15.9. The van der Waals surface area contributed by atoms with Gasteiger partial charge in [0.15, 0.2) is 0 Å². The molecule has 2 aromatic carbocycles. The highest BCUT2D eigenvalue weighted by atomic mass is 127. The second-order valence-corrected chi connectivity index (χ2v) is 5.38. The maximum absolute atomic E-state index is 11.8. The molecule has 0 fully saturated rings. The first-order valence-corrected chi connectivity index (χ1v) is 7.11. The van der Waals surface area contributed by atoms with Crippen LogP contribution in [0.25, 0.3) is 0 Å². The molecule has 0 aliphatic carbocycles. The minimum atomic E-state index is -0.535. The number of hydrazone groups is 1. The summed E-state index contributed by atoms with van der Waals surface area (Å²) in [5.41, 5.74) is 3.22. The number of phenols is 1. The smallest absolute Gasteiger partial charge is 0.271 e. The van der Waals surface area contributed by atoms with Gasteiger partial charge in [-0.3, -0.25) is 14.9 Å². The zero-order valence-electron chi connectivity index (χ0n) is 11.1. The van der Waals surface area contributed by atoms with E-state index in [-0.39, 0.29) is 17.0 Å². The number of halogens is 1. The van der Waals surface area contributed by atoms with Crippen molar-refractivity contribution in [1.82, 2.24) is 5.43 Å². The number of non-ortho nitro benzene ring substituents is 1. The number of nitro groups is 1. The number of nitro benzene ring substituents is 1. The average molecular weight is 411 g/mol. The van der Waals surface area contributed by atoms with E-state index in [1.165, 1.54) is 36.5 Å². The predicted molar refractivity (Wildman–Crippen MR) is 89.0 cm³/mol. The third-order valence-corrected chi connectivity index (χ3v) is 3.56. The maximum atomic E-state index is 11.8. The molecule has 8 heteroatoms. The molecule has 0 aromatic heterocycles. The molecule has 0 radical (unpaired) electrons. The van der Waals surface area contributed by atoms with Crippen molar-refractivity contribution in [3.8, 4) is 5.75 Å². The number of aromatic hydroxyl groups is 1. The molecule has 112 valence electrons. The van der Waals surface area contributed by atoms with Crippen LogP contribution in [-0.4, -0.2) is 22.2 Å². The topological polar surface area (TPSA) is 105 Å². The van der Waals surface area contributed by atoms with Gasteiger partial charge in [0, 0.05) is 17.7 Å². The van der Waals surface area contributed by atoms with Crippen molar-refractivity contribution < 1.29 is 14.8 Å². The Morgan fingerprint density at radius 2 is 1.95 bits per heavy atom. The Balaban J connectivity index is 2.01. The van der Waals surface area contributed by atoms with Crippen LogP contribution in [0, 0.1) is 13.7 Å². The van der Waals surface area contributed by atoms with Gasteiger partial charge in [-0.25, -0.2) is 5.43 Å². The van der Waals surface area contributed by atoms with Gasteiger partial charge < -0.3 is 5.11 Å². The van der Waals surface area contributed by atoms with Gasteiger partial charge in [-0.05, 0) is 58.5 Å². The molecule has 2 rings (SSSR count). The molecule has 2 aromatic rings. The van der Waals surface area contributed by atoms with E-state index >= 15 is 0 Å². The van der Waals surface area contributed by atoms with Crippen LogP contribution in [-0.2, 0) is 0 Å². The normalized spacial score (nSPS) is 10.6. The summed E-state index contributed by atoms with van der Waals surface area (Å²) in [5, 5.41) is 23.7. The Morgan fingerprint density at radius 1 is 1.27 bits per heavy atom. The van der Waals surface area contributed by atoms with Crippen molar-refractivity contribution in [2.75, 3.05) is 0 Å². The number of phenolic OH excluding ortho intramolecular Hbond substituents is 1. The van der Waals surface area contributed by atoms with Crippen LogP contribution in [0.15, 0.2) is 47.6 Å². The Bertz CT molecular complexity index is 744. The minimum absolute atomic E-state index is 0.0845. The van der Waals surface area contributed by atoms with Gasteiger partial charge in [-0.1, -0.05) is 0 Å². The largest absolute Gasteiger partial charge is 0.507 e. The van der Waals surface area contributed by atoms with E-state index < -0.39 is 10.8 Å². The summed E-state index contributed by atoms with van der Waals surface area (Å²) >= 11 is 1.98. The number of amides is 1. The molecule has 0 heterocycles. The monoisotopic (exact) mass is 411 g/mol. The summed E-state index contributed by atoms with van der Waals surface area (Å²) in [6.07, 6.45) is 1.44. The summed E-state index contributed by atoms with van der Waals surface area (Å²) in [6, 6.07) is 10.1. The maximum Gasteiger partial charge on any atom is 0.271 e. The molecule has 1 amide bonds. The molecule has 0 saturated heterocycles. The van der Waals surface area contributed by atoms with Crippen molar-refractivity contribution in [1.29, 1.82) is 0 Å². The highest BCUT2D eigenvalue weighted by Gasteiger charge is 2.08. The fourth-order valence-electron chi connectivity index (χ4n) is 1.57. The second kappa shape index (κ2) is 6.98. The molecule has 0 spiro atoms. The Labute approximate surface area is 139 Å². The van der Waals surface area contributed by atoms with Crippen LogP contribution in [0.3, 0.4) is 0 Å². The van der Waals surface area contributed by atoms with Crippen LogP contribution in [0.1, 0.15) is 15.9 Å². The lowest BCUT2D eigenvalue weighted by atomic mass is 10.2. The number of hydrogen-bond donors (Lipinski definition) is 2. The summed E-state index contributed by atoms with van der Waals surface area (Å²) in [7, 11) is 0. The summed E-state index contributed by atoms with van der Waals surface area (Å²) in [6.45, 7) is 0. The van der Waals surface area contributed by atoms with E-state index in [1.807, 2.05) is 22.6 Å². The number of carbonyl (C=O) groups excluding carboxylic acids is 1. The molecular weight excluding hydrogens is 401 g/mol. The molecule has 2 N–H and O–H groups in total. The van der Waals surface area contributed by atoms with E-state index in [0.29, 0.717) is 9.13 Å². The number of rotatable bonds is 4. The molecular formula is C14H10IN3O4. The fraction of sp³-hybridized carbons (Fsp3) is 0. The molecule has 0 atom stereocenters. The lowest BCUT2D eigenvalue weighted by Gasteiger charge is -2.00. The molecule has 22 heavy (non-hydrogen) atoms. The van der Waals surface area contributed by atoms with Gasteiger partial charge >= 0.3 is 0 Å². The SMILES string of the molecule is O=C(N/N=C\c1ccc(O)c(I)c1)c1ccc([N+](=O)[O-])cc1. The molecule has 0 saturated carbocycles. The van der Waals surface area contributed by atoms with Crippen molar-refractivity contribution in [2.24, 2.45) is 5.10 Å². The number of nitrogens with one attached hydrogen (secondary N) is 1. The molecule has 0 aliphatic rings. The van der Waals surface area contributed by atoms with Crippen LogP contribution in [0.2, 0.25) is 0 Å². The Morgan fingerprint density at radius 3 is 2.55 bits per heavy atom. The van der Waals surface area contributed by atoms with Crippen molar-refractivity contribution in [3.05, 3.63) is 67.3 Å². The van der Waals surface area contributed by atoms with E-state index in [1.54, 1.807) is 12.1 Å². The number of carbonyl (C=O) groups is 1. The van der Waals surface area contributed by atoms with Gasteiger partial charge in [0.25, 0.3) is 11.6 Å². The summed E-state index contributed by atoms with van der Waals surface area (Å²) < 4.78 is 0.670. The third kappa shape index (κ3) is 4.01. The van der Waals surface area contributed by atoms with Gasteiger partial charge in [-0.15, -0.1) is 0 Å². The van der Waals surface area contributed by atoms with E-state index in [2.05, 4.69) is 10.5 Å². The third-order valence-electron chi connectivity index (χ3n) is 2.69. The Kier molecular flexibility index (Phi) is 5.04. The predicted octanol–water partition coefficient (Wildman–Crippen LogP) is 2.67. The highest BCUT2D eigenvalue weighted by Crippen LogP contribution is 2.19. The first-order chi connectivity index (χ1) is 10.5. The first-order valence-electron chi connectivity index (χ1n) is 6.04. The van der Waals surface area contributed by atoms with Gasteiger partial charge in [0.05, 0.1) is 14.7 Å². The molecule has 7 nitrogen and oxygen atoms in total. The standard InChI is InChI=1S/C14H10IN3O4/c15-12-7-9(1-6-13(12)19)8-16-17-14(20)10-2-4-11(5-3-10)18(21)22/h1-8,19H,(H,17,20)/b16-8-. The van der Waals surface area contributed by atoms with Gasteiger partial charge in [-0.2, -0.15) is 5.10 Å². The van der Waals surface area contributed by atoms with E-state index in [4.69, 9.17) is 0 Å². The van der Waals surface area contributed by atoms with Crippen LogP contribution in [0.4, 0.5) is 5.69 Å². The number of nitrogens with zero attached hydrogens (tertiary/aromatic N) is 2. The zero-order chi connectivity index (χ0) is 16.1.